The third kappa shape index (κ3) is 6.44. The maximum atomic E-state index is 5.21. The van der Waals surface area contributed by atoms with Crippen LogP contribution in [0.3, 0.4) is 0 Å². The number of hydrogen-bond acceptors (Lipinski definition) is 1. The van der Waals surface area contributed by atoms with Crippen molar-refractivity contribution >= 4 is 8.07 Å². The summed E-state index contributed by atoms with van der Waals surface area (Å²) >= 11 is 0. The van der Waals surface area contributed by atoms with Gasteiger partial charge in [0.1, 0.15) is 0 Å². The van der Waals surface area contributed by atoms with Gasteiger partial charge in [-0.25, -0.2) is 0 Å². The first kappa shape index (κ1) is 15.6. The first-order valence-corrected chi connectivity index (χ1v) is 11.1. The van der Waals surface area contributed by atoms with Crippen LogP contribution in [-0.4, -0.2) is 15.2 Å². The van der Waals surface area contributed by atoms with Gasteiger partial charge < -0.3 is 4.74 Å². The van der Waals surface area contributed by atoms with Gasteiger partial charge in [-0.3, -0.25) is 0 Å². The number of rotatable bonds is 6. The van der Waals surface area contributed by atoms with Crippen molar-refractivity contribution < 1.29 is 4.74 Å². The topological polar surface area (TPSA) is 9.23 Å². The molecule has 0 aromatic carbocycles. The standard InChI is InChI=1S/C16H30OSi/c1-17-14-16-12-8-7-11-15(16)10-6-5-9-13-18(2,3)4/h5,9,14-15H,6-8,10-13H2,1-4H3/b9-5-,16-14-. The van der Waals surface area contributed by atoms with E-state index in [1.165, 1.54) is 44.6 Å². The minimum atomic E-state index is -0.891. The quantitative estimate of drug-likeness (QED) is 0.356. The minimum Gasteiger partial charge on any atom is -0.504 e. The Hall–Kier alpha value is -0.503. The lowest BCUT2D eigenvalue weighted by Crippen LogP contribution is -2.17. The summed E-state index contributed by atoms with van der Waals surface area (Å²) < 4.78 is 5.21. The summed E-state index contributed by atoms with van der Waals surface area (Å²) in [5, 5.41) is 0. The van der Waals surface area contributed by atoms with E-state index < -0.39 is 8.07 Å². The molecule has 1 aliphatic rings. The van der Waals surface area contributed by atoms with Crippen LogP contribution in [-0.2, 0) is 4.74 Å². The highest BCUT2D eigenvalue weighted by Gasteiger charge is 2.18. The molecule has 1 rings (SSSR count). The van der Waals surface area contributed by atoms with Crippen LogP contribution >= 0.6 is 0 Å². The Morgan fingerprint density at radius 1 is 1.22 bits per heavy atom. The highest BCUT2D eigenvalue weighted by molar-refractivity contribution is 6.76. The Morgan fingerprint density at radius 3 is 2.67 bits per heavy atom. The Morgan fingerprint density at radius 2 is 2.00 bits per heavy atom. The zero-order chi connectivity index (χ0) is 13.4. The number of hydrogen-bond donors (Lipinski definition) is 0. The number of methoxy groups -OCH3 is 1. The van der Waals surface area contributed by atoms with Gasteiger partial charge in [0.2, 0.25) is 0 Å². The molecule has 1 fully saturated rings. The fourth-order valence-electron chi connectivity index (χ4n) is 2.60. The molecule has 0 spiro atoms. The average molecular weight is 267 g/mol. The molecule has 0 aromatic rings. The normalized spacial score (nSPS) is 23.8. The summed E-state index contributed by atoms with van der Waals surface area (Å²) in [5.74, 6) is 0.773. The van der Waals surface area contributed by atoms with Crippen molar-refractivity contribution in [3.8, 4) is 0 Å². The second kappa shape index (κ2) is 7.83. The van der Waals surface area contributed by atoms with Gasteiger partial charge in [-0.05, 0) is 49.6 Å². The van der Waals surface area contributed by atoms with Crippen molar-refractivity contribution in [2.45, 2.75) is 64.2 Å². The Bertz CT molecular complexity index is 286. The van der Waals surface area contributed by atoms with Crippen LogP contribution in [0.4, 0.5) is 0 Å². The molecule has 18 heavy (non-hydrogen) atoms. The van der Waals surface area contributed by atoms with E-state index >= 15 is 0 Å². The van der Waals surface area contributed by atoms with E-state index in [4.69, 9.17) is 4.74 Å². The smallest absolute Gasteiger partial charge is 0.0819 e. The highest BCUT2D eigenvalue weighted by atomic mass is 28.3. The van der Waals surface area contributed by atoms with Gasteiger partial charge in [-0.15, -0.1) is 0 Å². The molecule has 0 amide bonds. The van der Waals surface area contributed by atoms with Gasteiger partial charge in [0.15, 0.2) is 0 Å². The molecule has 0 heterocycles. The molecule has 0 radical (unpaired) electrons. The number of allylic oxidation sites excluding steroid dienone is 3. The SMILES string of the molecule is CO/C=C1/CCCCC1CC/C=C\C[Si](C)(C)C. The van der Waals surface area contributed by atoms with Crippen molar-refractivity contribution in [3.63, 3.8) is 0 Å². The van der Waals surface area contributed by atoms with Crippen LogP contribution in [0.25, 0.3) is 0 Å². The van der Waals surface area contributed by atoms with E-state index in [1.807, 2.05) is 6.26 Å². The van der Waals surface area contributed by atoms with Crippen molar-refractivity contribution in [3.05, 3.63) is 24.0 Å². The summed E-state index contributed by atoms with van der Waals surface area (Å²) in [7, 11) is 0.879. The third-order valence-corrected chi connectivity index (χ3v) is 5.10. The third-order valence-electron chi connectivity index (χ3n) is 3.64. The Kier molecular flexibility index (Phi) is 6.76. The minimum absolute atomic E-state index is 0.773. The first-order valence-electron chi connectivity index (χ1n) is 7.39. The molecule has 0 aromatic heterocycles. The Labute approximate surface area is 114 Å². The maximum absolute atomic E-state index is 5.21. The first-order chi connectivity index (χ1) is 8.53. The molecule has 104 valence electrons. The van der Waals surface area contributed by atoms with Crippen molar-refractivity contribution in [2.24, 2.45) is 5.92 Å². The summed E-state index contributed by atoms with van der Waals surface area (Å²) in [6.45, 7) is 7.29. The van der Waals surface area contributed by atoms with E-state index in [0.717, 1.165) is 5.92 Å². The lowest BCUT2D eigenvalue weighted by molar-refractivity contribution is 0.315. The van der Waals surface area contributed by atoms with Crippen LogP contribution < -0.4 is 0 Å². The molecule has 1 saturated carbocycles. The van der Waals surface area contributed by atoms with Gasteiger partial charge in [0, 0.05) is 8.07 Å². The molecule has 0 N–H and O–H groups in total. The summed E-state index contributed by atoms with van der Waals surface area (Å²) in [6, 6.07) is 1.32. The van der Waals surface area contributed by atoms with E-state index in [1.54, 1.807) is 12.7 Å². The lowest BCUT2D eigenvalue weighted by atomic mass is 9.82. The Balaban J connectivity index is 2.31. The predicted molar refractivity (Wildman–Crippen MR) is 83.6 cm³/mol. The summed E-state index contributed by atoms with van der Waals surface area (Å²) in [4.78, 5) is 0. The van der Waals surface area contributed by atoms with Crippen LogP contribution in [0.2, 0.25) is 25.7 Å². The zero-order valence-electron chi connectivity index (χ0n) is 12.7. The molecule has 1 unspecified atom stereocenters. The fourth-order valence-corrected chi connectivity index (χ4v) is 3.47. The monoisotopic (exact) mass is 266 g/mol. The van der Waals surface area contributed by atoms with E-state index in [2.05, 4.69) is 31.8 Å². The van der Waals surface area contributed by atoms with E-state index in [0.29, 0.717) is 0 Å². The molecule has 0 aliphatic heterocycles. The van der Waals surface area contributed by atoms with Crippen LogP contribution in [0.1, 0.15) is 38.5 Å². The van der Waals surface area contributed by atoms with Crippen molar-refractivity contribution in [1.82, 2.24) is 0 Å². The van der Waals surface area contributed by atoms with Crippen molar-refractivity contribution in [1.29, 1.82) is 0 Å². The zero-order valence-corrected chi connectivity index (χ0v) is 13.7. The van der Waals surface area contributed by atoms with Crippen LogP contribution in [0.15, 0.2) is 24.0 Å². The maximum Gasteiger partial charge on any atom is 0.0819 e. The summed E-state index contributed by atoms with van der Waals surface area (Å²) in [6.07, 6.45) is 14.7. The number of ether oxygens (including phenoxy) is 1. The second-order valence-electron chi connectivity index (χ2n) is 6.68. The highest BCUT2D eigenvalue weighted by Crippen LogP contribution is 2.32. The van der Waals surface area contributed by atoms with E-state index in [-0.39, 0.29) is 0 Å². The summed E-state index contributed by atoms with van der Waals surface area (Å²) in [5.41, 5.74) is 1.54. The van der Waals surface area contributed by atoms with Gasteiger partial charge in [0.05, 0.1) is 13.4 Å². The van der Waals surface area contributed by atoms with Crippen LogP contribution in [0, 0.1) is 5.92 Å². The van der Waals surface area contributed by atoms with E-state index in [9.17, 15) is 0 Å². The lowest BCUT2D eigenvalue weighted by Gasteiger charge is -2.24. The second-order valence-corrected chi connectivity index (χ2v) is 12.2. The van der Waals surface area contributed by atoms with Crippen molar-refractivity contribution in [2.75, 3.05) is 7.11 Å². The molecule has 1 nitrogen and oxygen atoms in total. The van der Waals surface area contributed by atoms with Gasteiger partial charge >= 0.3 is 0 Å². The largest absolute Gasteiger partial charge is 0.504 e. The van der Waals surface area contributed by atoms with Gasteiger partial charge in [0.25, 0.3) is 0 Å². The molecule has 0 bridgehead atoms. The molecule has 1 atom stereocenters. The average Bonchev–Trinajstić information content (AvgIpc) is 2.29. The fraction of sp³-hybridized carbons (Fsp3) is 0.750. The van der Waals surface area contributed by atoms with Gasteiger partial charge in [-0.1, -0.05) is 38.2 Å². The molecule has 0 saturated heterocycles. The molecular formula is C16H30OSi. The molecule has 2 heteroatoms. The molecular weight excluding hydrogens is 236 g/mol. The van der Waals surface area contributed by atoms with Crippen LogP contribution in [0.5, 0.6) is 0 Å². The van der Waals surface area contributed by atoms with Gasteiger partial charge in [-0.2, -0.15) is 0 Å². The molecule has 1 aliphatic carbocycles. The predicted octanol–water partition coefficient (Wildman–Crippen LogP) is 5.38.